The zero-order valence-corrected chi connectivity index (χ0v) is 11.4. The molecule has 0 radical (unpaired) electrons. The third-order valence-corrected chi connectivity index (χ3v) is 3.58. The molecular formula is C15H22FNO. The van der Waals surface area contributed by atoms with Gasteiger partial charge in [-0.25, -0.2) is 4.39 Å². The van der Waals surface area contributed by atoms with Crippen molar-refractivity contribution < 1.29 is 9.13 Å². The minimum atomic E-state index is -0.201. The van der Waals surface area contributed by atoms with Crippen molar-refractivity contribution in [2.75, 3.05) is 7.11 Å². The number of nitrogens with one attached hydrogen (secondary N) is 1. The second-order valence-electron chi connectivity index (χ2n) is 5.32. The maximum atomic E-state index is 13.9. The average Bonchev–Trinajstić information content (AvgIpc) is 3.11. The molecule has 0 bridgehead atoms. The topological polar surface area (TPSA) is 21.3 Å². The van der Waals surface area contributed by atoms with Crippen molar-refractivity contribution >= 4 is 0 Å². The summed E-state index contributed by atoms with van der Waals surface area (Å²) in [6, 6.07) is 5.36. The molecule has 2 unspecified atom stereocenters. The number of halogens is 1. The lowest BCUT2D eigenvalue weighted by molar-refractivity contribution is 0.380. The predicted molar refractivity (Wildman–Crippen MR) is 71.3 cm³/mol. The maximum absolute atomic E-state index is 13.9. The van der Waals surface area contributed by atoms with Crippen molar-refractivity contribution in [2.45, 2.75) is 45.2 Å². The molecule has 18 heavy (non-hydrogen) atoms. The van der Waals surface area contributed by atoms with Crippen molar-refractivity contribution in [3.63, 3.8) is 0 Å². The molecule has 1 aliphatic rings. The van der Waals surface area contributed by atoms with Gasteiger partial charge in [-0.15, -0.1) is 0 Å². The first-order chi connectivity index (χ1) is 8.61. The predicted octanol–water partition coefficient (Wildman–Crippen LogP) is 3.67. The molecule has 0 aromatic heterocycles. The number of rotatable bonds is 6. The van der Waals surface area contributed by atoms with Gasteiger partial charge in [-0.3, -0.25) is 0 Å². The highest BCUT2D eigenvalue weighted by Gasteiger charge is 2.25. The molecular weight excluding hydrogens is 229 g/mol. The van der Waals surface area contributed by atoms with Crippen LogP contribution in [0.3, 0.4) is 0 Å². The average molecular weight is 251 g/mol. The Balaban J connectivity index is 2.04. The summed E-state index contributed by atoms with van der Waals surface area (Å²) in [5.41, 5.74) is 0.627. The summed E-state index contributed by atoms with van der Waals surface area (Å²) < 4.78 is 19.1. The smallest absolute Gasteiger partial charge is 0.131 e. The Morgan fingerprint density at radius 2 is 2.11 bits per heavy atom. The zero-order valence-electron chi connectivity index (χ0n) is 11.4. The monoisotopic (exact) mass is 251 g/mol. The number of benzene rings is 1. The fourth-order valence-electron chi connectivity index (χ4n) is 2.55. The van der Waals surface area contributed by atoms with E-state index in [9.17, 15) is 4.39 Å². The summed E-state index contributed by atoms with van der Waals surface area (Å²) in [7, 11) is 1.58. The van der Waals surface area contributed by atoms with Gasteiger partial charge in [0.15, 0.2) is 0 Å². The van der Waals surface area contributed by atoms with E-state index in [1.165, 1.54) is 25.3 Å². The molecule has 1 saturated carbocycles. The minimum absolute atomic E-state index is 0.0325. The second-order valence-corrected chi connectivity index (χ2v) is 5.32. The summed E-state index contributed by atoms with van der Waals surface area (Å²) >= 11 is 0. The fourth-order valence-corrected chi connectivity index (χ4v) is 2.55. The summed E-state index contributed by atoms with van der Waals surface area (Å²) in [5, 5.41) is 3.46. The molecule has 2 rings (SSSR count). The number of ether oxygens (including phenoxy) is 1. The molecule has 1 aromatic carbocycles. The third kappa shape index (κ3) is 3.22. The van der Waals surface area contributed by atoms with Crippen LogP contribution in [0.4, 0.5) is 4.39 Å². The van der Waals surface area contributed by atoms with Crippen LogP contribution in [0.5, 0.6) is 5.75 Å². The summed E-state index contributed by atoms with van der Waals surface area (Å²) in [6.07, 6.45) is 3.88. The molecule has 1 aromatic rings. The lowest BCUT2D eigenvalue weighted by atomic mass is 10.0. The van der Waals surface area contributed by atoms with E-state index in [1.54, 1.807) is 13.2 Å². The second kappa shape index (κ2) is 5.70. The van der Waals surface area contributed by atoms with Gasteiger partial charge in [0.25, 0.3) is 0 Å². The largest absolute Gasteiger partial charge is 0.496 e. The van der Waals surface area contributed by atoms with Gasteiger partial charge < -0.3 is 10.1 Å². The van der Waals surface area contributed by atoms with E-state index in [1.807, 2.05) is 13.0 Å². The Bertz CT molecular complexity index is 403. The lowest BCUT2D eigenvalue weighted by Gasteiger charge is -2.22. The summed E-state index contributed by atoms with van der Waals surface area (Å²) in [6.45, 7) is 4.16. The van der Waals surface area contributed by atoms with Crippen LogP contribution in [-0.2, 0) is 0 Å². The van der Waals surface area contributed by atoms with E-state index < -0.39 is 0 Å². The molecule has 1 aliphatic carbocycles. The van der Waals surface area contributed by atoms with Crippen molar-refractivity contribution in [1.82, 2.24) is 5.32 Å². The molecule has 2 atom stereocenters. The Hall–Kier alpha value is -1.09. The molecule has 100 valence electrons. The van der Waals surface area contributed by atoms with Gasteiger partial charge in [0, 0.05) is 17.6 Å². The van der Waals surface area contributed by atoms with E-state index in [4.69, 9.17) is 4.74 Å². The van der Waals surface area contributed by atoms with Gasteiger partial charge in [-0.1, -0.05) is 18.9 Å². The molecule has 3 heteroatoms. The Kier molecular flexibility index (Phi) is 4.23. The molecule has 0 spiro atoms. The SMILES string of the molecule is COc1cccc(F)c1C(C)NC(C)CC1CC1. The fraction of sp³-hybridized carbons (Fsp3) is 0.600. The highest BCUT2D eigenvalue weighted by atomic mass is 19.1. The quantitative estimate of drug-likeness (QED) is 0.833. The first kappa shape index (κ1) is 13.3. The van der Waals surface area contributed by atoms with Gasteiger partial charge in [0.2, 0.25) is 0 Å². The third-order valence-electron chi connectivity index (χ3n) is 3.58. The van der Waals surface area contributed by atoms with E-state index in [2.05, 4.69) is 12.2 Å². The number of methoxy groups -OCH3 is 1. The van der Waals surface area contributed by atoms with Crippen LogP contribution in [0.2, 0.25) is 0 Å². The van der Waals surface area contributed by atoms with E-state index in [0.29, 0.717) is 17.4 Å². The van der Waals surface area contributed by atoms with Gasteiger partial charge in [-0.05, 0) is 38.3 Å². The van der Waals surface area contributed by atoms with E-state index >= 15 is 0 Å². The standard InChI is InChI=1S/C15H22FNO/c1-10(9-12-7-8-12)17-11(2)15-13(16)5-4-6-14(15)18-3/h4-6,10-12,17H,7-9H2,1-3H3. The van der Waals surface area contributed by atoms with Crippen LogP contribution >= 0.6 is 0 Å². The first-order valence-electron chi connectivity index (χ1n) is 6.70. The van der Waals surface area contributed by atoms with Crippen LogP contribution in [0.15, 0.2) is 18.2 Å². The molecule has 1 N–H and O–H groups in total. The highest BCUT2D eigenvalue weighted by Crippen LogP contribution is 2.34. The van der Waals surface area contributed by atoms with Crippen LogP contribution < -0.4 is 10.1 Å². The number of hydrogen-bond donors (Lipinski definition) is 1. The van der Waals surface area contributed by atoms with E-state index in [-0.39, 0.29) is 11.9 Å². The summed E-state index contributed by atoms with van der Waals surface area (Å²) in [4.78, 5) is 0. The van der Waals surface area contributed by atoms with Crippen LogP contribution in [0.25, 0.3) is 0 Å². The van der Waals surface area contributed by atoms with Crippen molar-refractivity contribution in [3.8, 4) is 5.75 Å². The lowest BCUT2D eigenvalue weighted by Crippen LogP contribution is -2.30. The van der Waals surface area contributed by atoms with Crippen molar-refractivity contribution in [2.24, 2.45) is 5.92 Å². The van der Waals surface area contributed by atoms with E-state index in [0.717, 1.165) is 5.92 Å². The Morgan fingerprint density at radius 3 is 2.72 bits per heavy atom. The minimum Gasteiger partial charge on any atom is -0.496 e. The molecule has 0 saturated heterocycles. The van der Waals surface area contributed by atoms with Gasteiger partial charge in [0.1, 0.15) is 11.6 Å². The van der Waals surface area contributed by atoms with Gasteiger partial charge in [0.05, 0.1) is 7.11 Å². The van der Waals surface area contributed by atoms with Gasteiger partial charge in [-0.2, -0.15) is 0 Å². The van der Waals surface area contributed by atoms with Gasteiger partial charge >= 0.3 is 0 Å². The normalized spacial score (nSPS) is 18.4. The van der Waals surface area contributed by atoms with Crippen LogP contribution in [-0.4, -0.2) is 13.2 Å². The van der Waals surface area contributed by atoms with Crippen molar-refractivity contribution in [3.05, 3.63) is 29.6 Å². The molecule has 1 fully saturated rings. The van der Waals surface area contributed by atoms with Crippen LogP contribution in [0.1, 0.15) is 44.7 Å². The zero-order chi connectivity index (χ0) is 13.1. The molecule has 0 amide bonds. The molecule has 2 nitrogen and oxygen atoms in total. The molecule has 0 heterocycles. The maximum Gasteiger partial charge on any atom is 0.131 e. The van der Waals surface area contributed by atoms with Crippen LogP contribution in [0, 0.1) is 11.7 Å². The number of hydrogen-bond acceptors (Lipinski definition) is 2. The summed E-state index contributed by atoms with van der Waals surface area (Å²) in [5.74, 6) is 1.30. The Labute approximate surface area is 109 Å². The Morgan fingerprint density at radius 1 is 1.39 bits per heavy atom. The molecule has 0 aliphatic heterocycles. The first-order valence-corrected chi connectivity index (χ1v) is 6.70. The van der Waals surface area contributed by atoms with Crippen molar-refractivity contribution in [1.29, 1.82) is 0 Å². The highest BCUT2D eigenvalue weighted by molar-refractivity contribution is 5.36.